The quantitative estimate of drug-likeness (QED) is 0.627. The van der Waals surface area contributed by atoms with Gasteiger partial charge in [-0.05, 0) is 40.9 Å². The number of carbonyl (C=O) groups is 2. The number of rotatable bonds is 5. The van der Waals surface area contributed by atoms with Crippen molar-refractivity contribution in [3.63, 3.8) is 0 Å². The second-order valence-electron chi connectivity index (χ2n) is 4.65. The molecule has 1 aromatic carbocycles. The number of carbonyl (C=O) groups excluding carboxylic acids is 2. The molecule has 20 heavy (non-hydrogen) atoms. The van der Waals surface area contributed by atoms with E-state index in [0.29, 0.717) is 25.9 Å². The van der Waals surface area contributed by atoms with Crippen LogP contribution in [0, 0.1) is 5.92 Å². The van der Waals surface area contributed by atoms with Gasteiger partial charge >= 0.3 is 0 Å². The van der Waals surface area contributed by atoms with Crippen molar-refractivity contribution in [2.75, 3.05) is 24.6 Å². The summed E-state index contributed by atoms with van der Waals surface area (Å²) in [5, 5.41) is 11.4. The van der Waals surface area contributed by atoms with E-state index >= 15 is 0 Å². The molecular weight excluding hydrogens is 324 g/mol. The molecule has 1 aliphatic heterocycles. The lowest BCUT2D eigenvalue weighted by Crippen LogP contribution is -2.37. The van der Waals surface area contributed by atoms with Crippen LogP contribution in [0.3, 0.4) is 0 Å². The van der Waals surface area contributed by atoms with E-state index in [1.54, 1.807) is 4.90 Å². The van der Waals surface area contributed by atoms with Crippen LogP contribution in [0.15, 0.2) is 28.7 Å². The van der Waals surface area contributed by atoms with Crippen LogP contribution in [-0.2, 0) is 9.59 Å². The first-order chi connectivity index (χ1) is 9.65. The zero-order chi connectivity index (χ0) is 14.5. The number of aliphatic hydroxyl groups excluding tert-OH is 1. The lowest BCUT2D eigenvalue weighted by Gasteiger charge is -2.18. The Morgan fingerprint density at radius 2 is 2.20 bits per heavy atom. The van der Waals surface area contributed by atoms with Gasteiger partial charge in [0.25, 0.3) is 0 Å². The number of hydrogen-bond donors (Lipinski definition) is 2. The molecule has 0 radical (unpaired) electrons. The van der Waals surface area contributed by atoms with E-state index in [1.165, 1.54) is 0 Å². The fourth-order valence-electron chi connectivity index (χ4n) is 2.25. The third kappa shape index (κ3) is 3.19. The van der Waals surface area contributed by atoms with E-state index in [2.05, 4.69) is 21.2 Å². The largest absolute Gasteiger partial charge is 0.396 e. The minimum Gasteiger partial charge on any atom is -0.396 e. The van der Waals surface area contributed by atoms with E-state index in [-0.39, 0.29) is 18.4 Å². The van der Waals surface area contributed by atoms with Gasteiger partial charge < -0.3 is 15.3 Å². The zero-order valence-corrected chi connectivity index (χ0v) is 12.6. The van der Waals surface area contributed by atoms with Crippen LogP contribution in [0.4, 0.5) is 5.69 Å². The SMILES string of the molecule is O=C(NCCCO)C1CCN(c2ccccc2Br)C1=O. The molecule has 2 rings (SSSR count). The molecule has 0 saturated carbocycles. The minimum atomic E-state index is -0.624. The Balaban J connectivity index is 2.02. The van der Waals surface area contributed by atoms with Gasteiger partial charge in [-0.2, -0.15) is 0 Å². The number of aliphatic hydroxyl groups is 1. The molecule has 2 N–H and O–H groups in total. The van der Waals surface area contributed by atoms with Gasteiger partial charge in [0.2, 0.25) is 11.8 Å². The summed E-state index contributed by atoms with van der Waals surface area (Å²) in [5.41, 5.74) is 0.795. The maximum atomic E-state index is 12.3. The number of amides is 2. The molecule has 108 valence electrons. The number of anilines is 1. The molecule has 0 aromatic heterocycles. The van der Waals surface area contributed by atoms with Crippen LogP contribution in [0.5, 0.6) is 0 Å². The van der Waals surface area contributed by atoms with Crippen molar-refractivity contribution < 1.29 is 14.7 Å². The molecule has 0 aliphatic carbocycles. The summed E-state index contributed by atoms with van der Waals surface area (Å²) in [6.45, 7) is 0.968. The van der Waals surface area contributed by atoms with E-state index in [1.807, 2.05) is 24.3 Å². The summed E-state index contributed by atoms with van der Waals surface area (Å²) in [5.74, 6) is -1.04. The Labute approximate surface area is 126 Å². The van der Waals surface area contributed by atoms with Crippen molar-refractivity contribution >= 4 is 33.4 Å². The van der Waals surface area contributed by atoms with E-state index in [9.17, 15) is 9.59 Å². The maximum Gasteiger partial charge on any atom is 0.239 e. The van der Waals surface area contributed by atoms with Crippen LogP contribution in [0.25, 0.3) is 0 Å². The Kier molecular flexibility index (Phi) is 5.14. The average Bonchev–Trinajstić information content (AvgIpc) is 2.81. The van der Waals surface area contributed by atoms with E-state index in [4.69, 9.17) is 5.11 Å². The summed E-state index contributed by atoms with van der Waals surface area (Å²) < 4.78 is 0.842. The number of para-hydroxylation sites is 1. The van der Waals surface area contributed by atoms with Gasteiger partial charge in [0, 0.05) is 24.2 Å². The number of halogens is 1. The smallest absolute Gasteiger partial charge is 0.239 e. The van der Waals surface area contributed by atoms with Crippen molar-refractivity contribution in [2.24, 2.45) is 5.92 Å². The summed E-state index contributed by atoms with van der Waals surface area (Å²) in [4.78, 5) is 25.9. The van der Waals surface area contributed by atoms with Gasteiger partial charge in [-0.25, -0.2) is 0 Å². The number of nitrogens with zero attached hydrogens (tertiary/aromatic N) is 1. The van der Waals surface area contributed by atoms with Crippen molar-refractivity contribution in [2.45, 2.75) is 12.8 Å². The van der Waals surface area contributed by atoms with Gasteiger partial charge in [0.15, 0.2) is 0 Å². The molecule has 1 atom stereocenters. The molecule has 5 nitrogen and oxygen atoms in total. The molecule has 1 aromatic rings. The fourth-order valence-corrected chi connectivity index (χ4v) is 2.75. The monoisotopic (exact) mass is 340 g/mol. The normalized spacial score (nSPS) is 18.4. The average molecular weight is 341 g/mol. The summed E-state index contributed by atoms with van der Waals surface area (Å²) in [6, 6.07) is 7.47. The summed E-state index contributed by atoms with van der Waals surface area (Å²) in [7, 11) is 0. The van der Waals surface area contributed by atoms with Gasteiger partial charge in [-0.1, -0.05) is 12.1 Å². The van der Waals surface area contributed by atoms with Crippen LogP contribution in [0.1, 0.15) is 12.8 Å². The Hall–Kier alpha value is -1.40. The van der Waals surface area contributed by atoms with Gasteiger partial charge in [-0.15, -0.1) is 0 Å². The highest BCUT2D eigenvalue weighted by Crippen LogP contribution is 2.31. The molecule has 1 saturated heterocycles. The highest BCUT2D eigenvalue weighted by Gasteiger charge is 2.37. The maximum absolute atomic E-state index is 12.3. The fraction of sp³-hybridized carbons (Fsp3) is 0.429. The first-order valence-corrected chi connectivity index (χ1v) is 7.39. The molecule has 1 fully saturated rings. The van der Waals surface area contributed by atoms with E-state index < -0.39 is 5.92 Å². The third-order valence-corrected chi connectivity index (χ3v) is 3.97. The van der Waals surface area contributed by atoms with Crippen molar-refractivity contribution in [1.29, 1.82) is 0 Å². The summed E-state index contributed by atoms with van der Waals surface area (Å²) in [6.07, 6.45) is 1.02. The predicted molar refractivity (Wildman–Crippen MR) is 79.3 cm³/mol. The number of hydrogen-bond acceptors (Lipinski definition) is 3. The van der Waals surface area contributed by atoms with Crippen LogP contribution >= 0.6 is 15.9 Å². The van der Waals surface area contributed by atoms with Gasteiger partial charge in [-0.3, -0.25) is 9.59 Å². The second kappa shape index (κ2) is 6.85. The van der Waals surface area contributed by atoms with Crippen molar-refractivity contribution in [3.05, 3.63) is 28.7 Å². The lowest BCUT2D eigenvalue weighted by atomic mass is 10.1. The molecule has 0 spiro atoms. The molecular formula is C14H17BrN2O3. The van der Waals surface area contributed by atoms with Gasteiger partial charge in [0.05, 0.1) is 5.69 Å². The first-order valence-electron chi connectivity index (χ1n) is 6.59. The predicted octanol–water partition coefficient (Wildman–Crippen LogP) is 1.30. The minimum absolute atomic E-state index is 0.0297. The standard InChI is InChI=1S/C14H17BrN2O3/c15-11-4-1-2-5-12(11)17-8-6-10(14(17)20)13(19)16-7-3-9-18/h1-2,4-5,10,18H,3,6-9H2,(H,16,19). The third-order valence-electron chi connectivity index (χ3n) is 3.30. The highest BCUT2D eigenvalue weighted by molar-refractivity contribution is 9.10. The molecule has 1 heterocycles. The Morgan fingerprint density at radius 1 is 1.45 bits per heavy atom. The molecule has 6 heteroatoms. The lowest BCUT2D eigenvalue weighted by molar-refractivity contribution is -0.132. The number of nitrogens with one attached hydrogen (secondary N) is 1. The molecule has 0 bridgehead atoms. The van der Waals surface area contributed by atoms with Crippen LogP contribution in [-0.4, -0.2) is 36.6 Å². The first kappa shape index (κ1) is 15.0. The van der Waals surface area contributed by atoms with Gasteiger partial charge in [0.1, 0.15) is 5.92 Å². The summed E-state index contributed by atoms with van der Waals surface area (Å²) >= 11 is 3.42. The Morgan fingerprint density at radius 3 is 2.90 bits per heavy atom. The Bertz CT molecular complexity index is 507. The molecule has 2 amide bonds. The molecule has 1 aliphatic rings. The van der Waals surface area contributed by atoms with Crippen molar-refractivity contribution in [3.8, 4) is 0 Å². The highest BCUT2D eigenvalue weighted by atomic mass is 79.9. The van der Waals surface area contributed by atoms with Crippen LogP contribution < -0.4 is 10.2 Å². The van der Waals surface area contributed by atoms with E-state index in [0.717, 1.165) is 10.2 Å². The topological polar surface area (TPSA) is 69.6 Å². The van der Waals surface area contributed by atoms with Crippen LogP contribution in [0.2, 0.25) is 0 Å². The second-order valence-corrected chi connectivity index (χ2v) is 5.51. The van der Waals surface area contributed by atoms with Crippen molar-refractivity contribution in [1.82, 2.24) is 5.32 Å². The number of benzene rings is 1. The zero-order valence-electron chi connectivity index (χ0n) is 11.0. The molecule has 1 unspecified atom stereocenters.